The first-order chi connectivity index (χ1) is 9.26. The van der Waals surface area contributed by atoms with Crippen molar-refractivity contribution in [1.29, 1.82) is 0 Å². The van der Waals surface area contributed by atoms with E-state index in [9.17, 15) is 4.79 Å². The van der Waals surface area contributed by atoms with Crippen molar-refractivity contribution in [2.45, 2.75) is 11.3 Å². The third kappa shape index (κ3) is 2.47. The Balaban J connectivity index is 1.92. The number of nitrogens with two attached hydrogens (primary N) is 1. The third-order valence-corrected chi connectivity index (χ3v) is 3.76. The Hall–Kier alpha value is -1.86. The minimum absolute atomic E-state index is 0.00370. The van der Waals surface area contributed by atoms with Crippen LogP contribution in [0.3, 0.4) is 0 Å². The first-order valence-corrected chi connectivity index (χ1v) is 6.84. The van der Waals surface area contributed by atoms with Gasteiger partial charge in [-0.25, -0.2) is 0 Å². The lowest BCUT2D eigenvalue weighted by Gasteiger charge is -2.16. The number of benzene rings is 1. The van der Waals surface area contributed by atoms with E-state index < -0.39 is 0 Å². The number of nitrogens with zero attached hydrogens (tertiary/aromatic N) is 2. The summed E-state index contributed by atoms with van der Waals surface area (Å²) in [5.74, 6) is 1.42. The van der Waals surface area contributed by atoms with Crippen molar-refractivity contribution in [3.8, 4) is 11.5 Å². The number of carbonyl (C=O) groups is 1. The van der Waals surface area contributed by atoms with Gasteiger partial charge in [-0.1, -0.05) is 0 Å². The number of nitrogens with one attached hydrogen (secondary N) is 1. The Morgan fingerprint density at radius 3 is 3.16 bits per heavy atom. The zero-order valence-electron chi connectivity index (χ0n) is 10.0. The average Bonchev–Trinajstić information content (AvgIpc) is 2.87. The molecule has 3 rings (SSSR count). The number of hydrogen-bond acceptors (Lipinski definition) is 6. The van der Waals surface area contributed by atoms with Crippen LogP contribution in [0.2, 0.25) is 0 Å². The molecule has 0 unspecified atom stereocenters. The van der Waals surface area contributed by atoms with Crippen molar-refractivity contribution < 1.29 is 9.21 Å². The van der Waals surface area contributed by atoms with Crippen LogP contribution in [-0.4, -0.2) is 28.4 Å². The first-order valence-electron chi connectivity index (χ1n) is 5.86. The number of anilines is 1. The minimum atomic E-state index is 0.00370. The van der Waals surface area contributed by atoms with E-state index in [1.807, 2.05) is 18.2 Å². The summed E-state index contributed by atoms with van der Waals surface area (Å²) < 4.78 is 5.51. The van der Waals surface area contributed by atoms with Gasteiger partial charge in [0.05, 0.1) is 11.4 Å². The number of thioether (sulfide) groups is 1. The minimum Gasteiger partial charge on any atom is -0.421 e. The summed E-state index contributed by atoms with van der Waals surface area (Å²) >= 11 is 1.52. The Bertz CT molecular complexity index is 626. The molecule has 0 bridgehead atoms. The summed E-state index contributed by atoms with van der Waals surface area (Å²) in [6, 6.07) is 5.70. The first kappa shape index (κ1) is 12.2. The molecule has 7 heteroatoms. The van der Waals surface area contributed by atoms with E-state index in [1.54, 1.807) is 0 Å². The highest BCUT2D eigenvalue weighted by Gasteiger charge is 2.17. The quantitative estimate of drug-likeness (QED) is 0.877. The molecule has 3 N–H and O–H groups in total. The van der Waals surface area contributed by atoms with Gasteiger partial charge >= 0.3 is 0 Å². The summed E-state index contributed by atoms with van der Waals surface area (Å²) in [5.41, 5.74) is 7.02. The highest BCUT2D eigenvalue weighted by atomic mass is 32.2. The average molecular weight is 276 g/mol. The van der Waals surface area contributed by atoms with Gasteiger partial charge in [0.25, 0.3) is 0 Å². The number of carbonyl (C=O) groups excluding carboxylic acids is 1. The lowest BCUT2D eigenvalue weighted by atomic mass is 10.2. The largest absolute Gasteiger partial charge is 0.421 e. The normalized spacial score (nSPS) is 14.1. The molecule has 6 nitrogen and oxygen atoms in total. The van der Waals surface area contributed by atoms with Crippen LogP contribution in [0.4, 0.5) is 5.69 Å². The fraction of sp³-hybridized carbons (Fsp3) is 0.250. The predicted octanol–water partition coefficient (Wildman–Crippen LogP) is 1.28. The fourth-order valence-corrected chi connectivity index (χ4v) is 2.60. The van der Waals surface area contributed by atoms with Crippen LogP contribution in [0.25, 0.3) is 11.5 Å². The van der Waals surface area contributed by atoms with Crippen molar-refractivity contribution in [2.24, 2.45) is 5.73 Å². The Morgan fingerprint density at radius 1 is 1.42 bits per heavy atom. The molecular formula is C12H12N4O2S. The van der Waals surface area contributed by atoms with Gasteiger partial charge < -0.3 is 15.5 Å². The van der Waals surface area contributed by atoms with Crippen molar-refractivity contribution in [3.63, 3.8) is 0 Å². The molecule has 0 spiro atoms. The van der Waals surface area contributed by atoms with Crippen LogP contribution in [0.1, 0.15) is 5.89 Å². The molecule has 1 aliphatic rings. The molecule has 19 heavy (non-hydrogen) atoms. The molecule has 98 valence electrons. The summed E-state index contributed by atoms with van der Waals surface area (Å²) in [6.07, 6.45) is 0.560. The summed E-state index contributed by atoms with van der Waals surface area (Å²) in [4.78, 5) is 12.4. The van der Waals surface area contributed by atoms with Crippen molar-refractivity contribution >= 4 is 23.4 Å². The monoisotopic (exact) mass is 276 g/mol. The molecule has 1 amide bonds. The summed E-state index contributed by atoms with van der Waals surface area (Å²) in [5, 5.41) is 10.7. The van der Waals surface area contributed by atoms with E-state index in [2.05, 4.69) is 15.5 Å². The maximum absolute atomic E-state index is 11.4. The number of amides is 1. The van der Waals surface area contributed by atoms with Crippen LogP contribution in [-0.2, 0) is 11.2 Å². The molecule has 0 saturated carbocycles. The third-order valence-electron chi connectivity index (χ3n) is 2.68. The maximum Gasteiger partial charge on any atom is 0.247 e. The molecular weight excluding hydrogens is 264 g/mol. The molecule has 1 aliphatic heterocycles. The SMILES string of the molecule is NCCc1nnc(-c2ccc3c(c2)NC(=O)CS3)o1. The standard InChI is InChI=1S/C12H12N4O2S/c13-4-3-11-15-16-12(18-11)7-1-2-9-8(5-7)14-10(17)6-19-9/h1-2,5H,3-4,6,13H2,(H,14,17). The Morgan fingerprint density at radius 2 is 2.32 bits per heavy atom. The molecule has 0 atom stereocenters. The van der Waals surface area contributed by atoms with E-state index in [0.29, 0.717) is 30.5 Å². The Kier molecular flexibility index (Phi) is 3.22. The van der Waals surface area contributed by atoms with Gasteiger partial charge in [0.15, 0.2) is 0 Å². The fourth-order valence-electron chi connectivity index (χ4n) is 1.81. The molecule has 1 aromatic heterocycles. The van der Waals surface area contributed by atoms with E-state index in [0.717, 1.165) is 16.1 Å². The van der Waals surface area contributed by atoms with Crippen LogP contribution in [0.5, 0.6) is 0 Å². The maximum atomic E-state index is 11.4. The summed E-state index contributed by atoms with van der Waals surface area (Å²) in [7, 11) is 0. The Labute approximate surface area is 113 Å². The number of rotatable bonds is 3. The van der Waals surface area contributed by atoms with Gasteiger partial charge in [0.2, 0.25) is 17.7 Å². The number of fused-ring (bicyclic) bond motifs is 1. The molecule has 2 aromatic rings. The number of aromatic nitrogens is 2. The zero-order valence-corrected chi connectivity index (χ0v) is 10.9. The van der Waals surface area contributed by atoms with E-state index in [4.69, 9.17) is 10.2 Å². The molecule has 1 aromatic carbocycles. The van der Waals surface area contributed by atoms with Crippen molar-refractivity contribution in [3.05, 3.63) is 24.1 Å². The van der Waals surface area contributed by atoms with Gasteiger partial charge in [-0.2, -0.15) is 0 Å². The smallest absolute Gasteiger partial charge is 0.247 e. The van der Waals surface area contributed by atoms with Crippen LogP contribution in [0, 0.1) is 0 Å². The van der Waals surface area contributed by atoms with E-state index in [1.165, 1.54) is 11.8 Å². The second-order valence-electron chi connectivity index (χ2n) is 4.09. The van der Waals surface area contributed by atoms with Crippen LogP contribution < -0.4 is 11.1 Å². The molecule has 0 fully saturated rings. The second-order valence-corrected chi connectivity index (χ2v) is 5.10. The van der Waals surface area contributed by atoms with Crippen LogP contribution >= 0.6 is 11.8 Å². The van der Waals surface area contributed by atoms with Gasteiger partial charge in [-0.15, -0.1) is 22.0 Å². The molecule has 2 heterocycles. The number of hydrogen-bond donors (Lipinski definition) is 2. The highest BCUT2D eigenvalue weighted by Crippen LogP contribution is 2.34. The van der Waals surface area contributed by atoms with Crippen molar-refractivity contribution in [2.75, 3.05) is 17.6 Å². The molecule has 0 saturated heterocycles. The lowest BCUT2D eigenvalue weighted by Crippen LogP contribution is -2.18. The van der Waals surface area contributed by atoms with E-state index in [-0.39, 0.29) is 5.91 Å². The van der Waals surface area contributed by atoms with Crippen LogP contribution in [0.15, 0.2) is 27.5 Å². The van der Waals surface area contributed by atoms with Gasteiger partial charge in [0, 0.05) is 23.4 Å². The second kappa shape index (κ2) is 5.02. The van der Waals surface area contributed by atoms with Crippen molar-refractivity contribution in [1.82, 2.24) is 10.2 Å². The summed E-state index contributed by atoms with van der Waals surface area (Å²) in [6.45, 7) is 0.471. The zero-order chi connectivity index (χ0) is 13.2. The highest BCUT2D eigenvalue weighted by molar-refractivity contribution is 8.00. The molecule has 0 aliphatic carbocycles. The van der Waals surface area contributed by atoms with Gasteiger partial charge in [-0.05, 0) is 18.2 Å². The van der Waals surface area contributed by atoms with Gasteiger partial charge in [-0.3, -0.25) is 4.79 Å². The predicted molar refractivity (Wildman–Crippen MR) is 71.8 cm³/mol. The molecule has 0 radical (unpaired) electrons. The lowest BCUT2D eigenvalue weighted by molar-refractivity contribution is -0.113. The van der Waals surface area contributed by atoms with Gasteiger partial charge in [0.1, 0.15) is 0 Å². The topological polar surface area (TPSA) is 94.0 Å². The van der Waals surface area contributed by atoms with E-state index >= 15 is 0 Å².